The molecule has 0 bridgehead atoms. The van der Waals surface area contributed by atoms with Crippen molar-refractivity contribution < 1.29 is 50.3 Å². The molecule has 0 spiro atoms. The molecule has 3 aliphatic rings. The highest BCUT2D eigenvalue weighted by Gasteiger charge is 2.48. The number of aliphatic hydroxyl groups excluding tert-OH is 2. The van der Waals surface area contributed by atoms with E-state index in [2.05, 4.69) is 5.32 Å². The number of nitrogens with zero attached hydrogens (tertiary/aromatic N) is 2. The van der Waals surface area contributed by atoms with Crippen molar-refractivity contribution >= 4 is 49.0 Å². The molecule has 5 rings (SSSR count). The number of allylic oxidation sites excluding steroid dienone is 5. The number of carbonyl (C=O) groups excluding carboxylic acids is 2. The highest BCUT2D eigenvalue weighted by atomic mass is 32.2. The summed E-state index contributed by atoms with van der Waals surface area (Å²) in [4.78, 5) is 27.6. The number of fused-ring (bicyclic) bond motifs is 2. The summed E-state index contributed by atoms with van der Waals surface area (Å²) in [5, 5.41) is 23.3. The number of amides is 1. The molecule has 0 aromatic heterocycles. The quantitative estimate of drug-likeness (QED) is 0.0560. The van der Waals surface area contributed by atoms with Crippen LogP contribution < -0.4 is 10.2 Å². The van der Waals surface area contributed by atoms with Gasteiger partial charge in [-0.05, 0) is 88.4 Å². The average Bonchev–Trinajstić information content (AvgIpc) is 3.46. The van der Waals surface area contributed by atoms with E-state index in [1.54, 1.807) is 24.3 Å². The molecule has 298 valence electrons. The number of hydrogen-bond donors (Lipinski definition) is 5. The Kier molecular flexibility index (Phi) is 12.3. The number of nitrogens with one attached hydrogen (secondary N) is 1. The molecule has 0 atom stereocenters. The number of aliphatic hydroxyl groups is 2. The Morgan fingerprint density at radius 3 is 2.07 bits per heavy atom. The number of anilines is 1. The van der Waals surface area contributed by atoms with Crippen LogP contribution in [0.4, 0.5) is 11.4 Å². The van der Waals surface area contributed by atoms with E-state index in [1.807, 2.05) is 44.1 Å². The zero-order chi connectivity index (χ0) is 40.5. The van der Waals surface area contributed by atoms with Gasteiger partial charge in [0.05, 0.1) is 26.4 Å². The number of benzene rings is 2. The molecule has 0 saturated carbocycles. The van der Waals surface area contributed by atoms with Crippen molar-refractivity contribution in [1.29, 1.82) is 0 Å². The van der Waals surface area contributed by atoms with Gasteiger partial charge in [0.1, 0.15) is 12.3 Å². The summed E-state index contributed by atoms with van der Waals surface area (Å²) in [7, 11) is -8.95. The lowest BCUT2D eigenvalue weighted by molar-refractivity contribution is -0.438. The highest BCUT2D eigenvalue weighted by molar-refractivity contribution is 7.86. The van der Waals surface area contributed by atoms with E-state index in [9.17, 15) is 40.6 Å². The zero-order valence-corrected chi connectivity index (χ0v) is 33.7. The van der Waals surface area contributed by atoms with E-state index in [4.69, 9.17) is 5.11 Å². The fourth-order valence-electron chi connectivity index (χ4n) is 7.75. The van der Waals surface area contributed by atoms with Crippen molar-refractivity contribution in [2.75, 3.05) is 31.1 Å². The summed E-state index contributed by atoms with van der Waals surface area (Å²) in [5.74, 6) is -0.629. The average molecular weight is 799 g/mol. The van der Waals surface area contributed by atoms with E-state index in [1.165, 1.54) is 24.3 Å². The first-order chi connectivity index (χ1) is 25.7. The monoisotopic (exact) mass is 798 g/mol. The smallest absolute Gasteiger partial charge is 0.294 e. The van der Waals surface area contributed by atoms with Gasteiger partial charge in [0.2, 0.25) is 17.4 Å². The van der Waals surface area contributed by atoms with Crippen LogP contribution in [0, 0.1) is 0 Å². The van der Waals surface area contributed by atoms with Crippen molar-refractivity contribution in [3.63, 3.8) is 0 Å². The largest absolute Gasteiger partial charge is 0.506 e. The molecular weight excluding hydrogens is 747 g/mol. The molecular formula is C40H52N3O10S2+. The third-order valence-electron chi connectivity index (χ3n) is 10.9. The lowest BCUT2D eigenvalue weighted by Crippen LogP contribution is -2.32. The fraction of sp³-hybridized carbons (Fsp3) is 0.475. The first-order valence-corrected chi connectivity index (χ1v) is 21.6. The van der Waals surface area contributed by atoms with E-state index in [0.29, 0.717) is 67.1 Å². The predicted octanol–water partition coefficient (Wildman–Crippen LogP) is 5.81. The van der Waals surface area contributed by atoms with Gasteiger partial charge >= 0.3 is 0 Å². The topological polar surface area (TPSA) is 202 Å². The van der Waals surface area contributed by atoms with Crippen LogP contribution in [0.1, 0.15) is 97.1 Å². The summed E-state index contributed by atoms with van der Waals surface area (Å²) in [6, 6.07) is 8.75. The zero-order valence-electron chi connectivity index (χ0n) is 32.1. The van der Waals surface area contributed by atoms with Crippen LogP contribution in [0.2, 0.25) is 0 Å². The minimum absolute atomic E-state index is 0.0177. The van der Waals surface area contributed by atoms with Gasteiger partial charge in [-0.3, -0.25) is 18.7 Å². The molecule has 2 aliphatic heterocycles. The second-order valence-electron chi connectivity index (χ2n) is 15.3. The van der Waals surface area contributed by atoms with Gasteiger partial charge < -0.3 is 20.4 Å². The van der Waals surface area contributed by atoms with Crippen LogP contribution in [0.5, 0.6) is 0 Å². The van der Waals surface area contributed by atoms with Gasteiger partial charge in [-0.2, -0.15) is 21.4 Å². The minimum atomic E-state index is -4.50. The maximum Gasteiger partial charge on any atom is 0.294 e. The number of hydrogen-bond acceptors (Lipinski definition) is 9. The molecule has 0 saturated heterocycles. The molecule has 15 heteroatoms. The van der Waals surface area contributed by atoms with Crippen molar-refractivity contribution in [3.05, 3.63) is 82.3 Å². The third kappa shape index (κ3) is 8.50. The molecule has 1 aliphatic carbocycles. The highest BCUT2D eigenvalue weighted by Crippen LogP contribution is 2.50. The maximum atomic E-state index is 13.8. The Bertz CT molecular complexity index is 2230. The van der Waals surface area contributed by atoms with Crippen LogP contribution in [0.15, 0.2) is 80.9 Å². The normalized spacial score (nSPS) is 19.0. The first kappa shape index (κ1) is 42.0. The lowest BCUT2D eigenvalue weighted by atomic mass is 9.77. The summed E-state index contributed by atoms with van der Waals surface area (Å²) in [5.41, 5.74) is 2.56. The molecule has 55 heavy (non-hydrogen) atoms. The predicted molar refractivity (Wildman–Crippen MR) is 209 cm³/mol. The van der Waals surface area contributed by atoms with Gasteiger partial charge in [0, 0.05) is 67.0 Å². The van der Waals surface area contributed by atoms with Gasteiger partial charge in [0.15, 0.2) is 5.71 Å². The molecule has 2 aromatic carbocycles. The van der Waals surface area contributed by atoms with Gasteiger partial charge in [-0.15, -0.1) is 0 Å². The van der Waals surface area contributed by atoms with Crippen LogP contribution in [-0.2, 0) is 40.7 Å². The number of likely N-dealkylation sites (N-methyl/N-ethyl adjacent to an activating group) is 1. The van der Waals surface area contributed by atoms with Gasteiger partial charge in [0.25, 0.3) is 20.2 Å². The standard InChI is InChI=1S/C40H51N3O10S2/c1-6-42-32-17-15-26(54(48,49)50)22-30(32)39(2,3)34(42)24-28-37(46)29(38(28)47)25-35-40(4,5)31-23-27(55(51,52)53)16-18-33(31)43(35)20-12-9-10-14-36(45)41-19-11-7-8-13-21-44/h15-18,22-25,44H,6-14,19-21H2,1-5H3,(H3-,41,45,46,47,48,49,50,51,52,53)/p+1. The second-order valence-corrected chi connectivity index (χ2v) is 18.2. The van der Waals surface area contributed by atoms with E-state index < -0.39 is 36.8 Å². The Hall–Kier alpha value is -4.15. The summed E-state index contributed by atoms with van der Waals surface area (Å²) >= 11 is 0. The number of carbonyl (C=O) groups is 2. The number of ketones is 1. The van der Waals surface area contributed by atoms with Crippen molar-refractivity contribution in [3.8, 4) is 0 Å². The molecule has 0 radical (unpaired) electrons. The van der Waals surface area contributed by atoms with Gasteiger partial charge in [-0.25, -0.2) is 0 Å². The molecule has 5 N–H and O–H groups in total. The van der Waals surface area contributed by atoms with E-state index >= 15 is 0 Å². The Balaban J connectivity index is 1.42. The SMILES string of the molecule is CCN1C(=CC2=C(O)C(=CC3=[N+](CCCCCC(=O)NCCCCCCO)c4ccc(S(=O)(=O)O)cc4C3(C)C)C2=O)C(C)(C)c2cc(S(=O)(=O)O)ccc21. The molecule has 0 unspecified atom stereocenters. The van der Waals surface area contributed by atoms with Crippen LogP contribution in [0.25, 0.3) is 0 Å². The number of Topliss-reactive ketones (excluding diaryl/α,β-unsaturated/α-hetero) is 1. The van der Waals surface area contributed by atoms with Crippen LogP contribution in [-0.4, -0.2) is 84.4 Å². The summed E-state index contributed by atoms with van der Waals surface area (Å²) in [6.07, 6.45) is 9.17. The molecule has 2 aromatic rings. The van der Waals surface area contributed by atoms with Crippen LogP contribution in [0.3, 0.4) is 0 Å². The lowest BCUT2D eigenvalue weighted by Gasteiger charge is -2.28. The summed E-state index contributed by atoms with van der Waals surface area (Å²) < 4.78 is 69.5. The van der Waals surface area contributed by atoms with Crippen LogP contribution >= 0.6 is 0 Å². The van der Waals surface area contributed by atoms with Crippen molar-refractivity contribution in [2.45, 2.75) is 107 Å². The fourth-order valence-corrected chi connectivity index (χ4v) is 8.77. The van der Waals surface area contributed by atoms with E-state index in [-0.39, 0.29) is 39.2 Å². The number of unbranched alkanes of at least 4 members (excludes halogenated alkanes) is 5. The molecule has 2 heterocycles. The number of rotatable bonds is 17. The minimum Gasteiger partial charge on any atom is -0.506 e. The molecule has 13 nitrogen and oxygen atoms in total. The van der Waals surface area contributed by atoms with E-state index in [0.717, 1.165) is 37.8 Å². The molecule has 0 fully saturated rings. The maximum absolute atomic E-state index is 13.8. The van der Waals surface area contributed by atoms with Gasteiger partial charge in [-0.1, -0.05) is 26.7 Å². The second kappa shape index (κ2) is 16.1. The summed E-state index contributed by atoms with van der Waals surface area (Å²) in [6.45, 7) is 11.2. The molecule has 1 amide bonds. The first-order valence-electron chi connectivity index (χ1n) is 18.7. The Morgan fingerprint density at radius 1 is 0.836 bits per heavy atom. The Labute approximate surface area is 323 Å². The third-order valence-corrected chi connectivity index (χ3v) is 12.6. The Morgan fingerprint density at radius 2 is 1.45 bits per heavy atom. The van der Waals surface area contributed by atoms with Crippen molar-refractivity contribution in [1.82, 2.24) is 5.32 Å². The van der Waals surface area contributed by atoms with Crippen molar-refractivity contribution in [2.24, 2.45) is 0 Å².